The van der Waals surface area contributed by atoms with Gasteiger partial charge in [0.05, 0.1) is 17.8 Å². The van der Waals surface area contributed by atoms with Gasteiger partial charge < -0.3 is 15.3 Å². The maximum absolute atomic E-state index is 11.8. The van der Waals surface area contributed by atoms with E-state index in [1.54, 1.807) is 0 Å². The second-order valence-electron chi connectivity index (χ2n) is 14.5. The molecule has 190 valence electrons. The first-order chi connectivity index (χ1) is 15.1. The van der Waals surface area contributed by atoms with Crippen LogP contribution in [0.1, 0.15) is 113 Å². The minimum absolute atomic E-state index is 0.0503. The Bertz CT molecular complexity index is 779. The van der Waals surface area contributed by atoms with Crippen LogP contribution in [0.3, 0.4) is 0 Å². The molecule has 0 heterocycles. The van der Waals surface area contributed by atoms with E-state index in [1.807, 2.05) is 6.92 Å². The molecule has 4 saturated carbocycles. The van der Waals surface area contributed by atoms with Crippen molar-refractivity contribution >= 4 is 0 Å². The Morgan fingerprint density at radius 1 is 0.909 bits per heavy atom. The molecule has 4 aliphatic carbocycles. The minimum atomic E-state index is -0.739. The molecular weight excluding hydrogens is 408 g/mol. The number of hydrogen-bond acceptors (Lipinski definition) is 3. The third-order valence-electron chi connectivity index (χ3n) is 12.4. The average Bonchev–Trinajstić information content (AvgIpc) is 3.08. The summed E-state index contributed by atoms with van der Waals surface area (Å²) in [5.74, 6) is 1.31. The molecule has 0 unspecified atom stereocenters. The highest BCUT2D eigenvalue weighted by Gasteiger charge is 2.71. The number of hydrogen-bond donors (Lipinski definition) is 3. The van der Waals surface area contributed by atoms with E-state index >= 15 is 0 Å². The van der Waals surface area contributed by atoms with Crippen LogP contribution >= 0.6 is 0 Å². The Morgan fingerprint density at radius 2 is 1.55 bits per heavy atom. The lowest BCUT2D eigenvalue weighted by Gasteiger charge is -2.70. The Morgan fingerprint density at radius 3 is 2.18 bits per heavy atom. The fourth-order valence-electron chi connectivity index (χ4n) is 10.3. The van der Waals surface area contributed by atoms with E-state index in [1.165, 1.54) is 18.4 Å². The highest BCUT2D eigenvalue weighted by atomic mass is 16.3. The van der Waals surface area contributed by atoms with Gasteiger partial charge in [-0.05, 0) is 124 Å². The standard InChI is InChI=1S/C30H52O3/c1-19(2)10-9-14-30(8,33)20-11-16-29(7)25(20)21(31)18-23-27(5)15-13-24(32)26(3,4)22(27)12-17-28(23,29)6/h10,20-25,31-33H,9,11-18H2,1-8H3/t20-,21+,22-,23+,24+,25-,27-,28+,29+,30+/m0/s1. The van der Waals surface area contributed by atoms with Crippen LogP contribution in [0.15, 0.2) is 11.6 Å². The Balaban J connectivity index is 1.66. The highest BCUT2D eigenvalue weighted by molar-refractivity contribution is 5.20. The van der Waals surface area contributed by atoms with Crippen molar-refractivity contribution in [2.24, 2.45) is 45.3 Å². The van der Waals surface area contributed by atoms with Crippen molar-refractivity contribution in [3.8, 4) is 0 Å². The van der Waals surface area contributed by atoms with Gasteiger partial charge in [-0.1, -0.05) is 46.3 Å². The quantitative estimate of drug-likeness (QED) is 0.420. The van der Waals surface area contributed by atoms with E-state index in [0.29, 0.717) is 11.8 Å². The van der Waals surface area contributed by atoms with E-state index in [9.17, 15) is 15.3 Å². The van der Waals surface area contributed by atoms with Crippen LogP contribution in [0.2, 0.25) is 0 Å². The van der Waals surface area contributed by atoms with Crippen LogP contribution < -0.4 is 0 Å². The van der Waals surface area contributed by atoms with E-state index in [0.717, 1.165) is 44.9 Å². The maximum Gasteiger partial charge on any atom is 0.0654 e. The third-order valence-corrected chi connectivity index (χ3v) is 12.4. The molecule has 4 fully saturated rings. The molecule has 0 saturated heterocycles. The summed E-state index contributed by atoms with van der Waals surface area (Å²) in [6, 6.07) is 0. The molecule has 0 spiro atoms. The van der Waals surface area contributed by atoms with Crippen molar-refractivity contribution in [1.29, 1.82) is 0 Å². The lowest BCUT2D eigenvalue weighted by Crippen LogP contribution is -2.66. The van der Waals surface area contributed by atoms with Gasteiger partial charge in [0.15, 0.2) is 0 Å². The summed E-state index contributed by atoms with van der Waals surface area (Å²) < 4.78 is 0. The van der Waals surface area contributed by atoms with Gasteiger partial charge in [-0.25, -0.2) is 0 Å². The van der Waals surface area contributed by atoms with Gasteiger partial charge in [-0.3, -0.25) is 0 Å². The summed E-state index contributed by atoms with van der Waals surface area (Å²) in [5.41, 5.74) is 0.885. The van der Waals surface area contributed by atoms with E-state index < -0.39 is 5.60 Å². The first kappa shape index (κ1) is 25.7. The van der Waals surface area contributed by atoms with Crippen molar-refractivity contribution in [3.05, 3.63) is 11.6 Å². The van der Waals surface area contributed by atoms with Gasteiger partial charge in [-0.15, -0.1) is 0 Å². The summed E-state index contributed by atoms with van der Waals surface area (Å²) >= 11 is 0. The Labute approximate surface area is 203 Å². The zero-order chi connectivity index (χ0) is 24.6. The molecule has 0 amide bonds. The van der Waals surface area contributed by atoms with Crippen LogP contribution in [0.5, 0.6) is 0 Å². The number of fused-ring (bicyclic) bond motifs is 5. The summed E-state index contributed by atoms with van der Waals surface area (Å²) in [6.07, 6.45) is 10.6. The first-order valence-corrected chi connectivity index (χ1v) is 13.8. The van der Waals surface area contributed by atoms with Crippen LogP contribution in [0.4, 0.5) is 0 Å². The zero-order valence-electron chi connectivity index (χ0n) is 22.7. The van der Waals surface area contributed by atoms with Crippen molar-refractivity contribution in [2.75, 3.05) is 0 Å². The van der Waals surface area contributed by atoms with Crippen molar-refractivity contribution in [3.63, 3.8) is 0 Å². The molecule has 4 rings (SSSR count). The van der Waals surface area contributed by atoms with Gasteiger partial charge in [0.1, 0.15) is 0 Å². The molecule has 3 N–H and O–H groups in total. The lowest BCUT2D eigenvalue weighted by atomic mass is 9.35. The molecule has 4 aliphatic rings. The summed E-state index contributed by atoms with van der Waals surface area (Å²) in [4.78, 5) is 0. The number of rotatable bonds is 4. The van der Waals surface area contributed by atoms with Crippen LogP contribution in [0, 0.1) is 45.3 Å². The predicted octanol–water partition coefficient (Wildman–Crippen LogP) is 6.50. The van der Waals surface area contributed by atoms with Crippen molar-refractivity contribution in [2.45, 2.75) is 131 Å². The zero-order valence-corrected chi connectivity index (χ0v) is 22.7. The van der Waals surface area contributed by atoms with E-state index in [-0.39, 0.29) is 45.7 Å². The summed E-state index contributed by atoms with van der Waals surface area (Å²) in [6.45, 7) is 18.3. The monoisotopic (exact) mass is 460 g/mol. The molecule has 0 radical (unpaired) electrons. The topological polar surface area (TPSA) is 60.7 Å². The lowest BCUT2D eigenvalue weighted by molar-refractivity contribution is -0.246. The molecule has 0 aromatic rings. The molecule has 33 heavy (non-hydrogen) atoms. The Kier molecular flexibility index (Phi) is 6.28. The average molecular weight is 461 g/mol. The fraction of sp³-hybridized carbons (Fsp3) is 0.933. The molecule has 0 aromatic heterocycles. The molecule has 0 aliphatic heterocycles. The third kappa shape index (κ3) is 3.61. The molecule has 0 aromatic carbocycles. The van der Waals surface area contributed by atoms with E-state index in [4.69, 9.17) is 0 Å². The second kappa shape index (κ2) is 8.07. The van der Waals surface area contributed by atoms with Gasteiger partial charge in [0.25, 0.3) is 0 Å². The summed E-state index contributed by atoms with van der Waals surface area (Å²) in [7, 11) is 0. The van der Waals surface area contributed by atoms with Gasteiger partial charge in [0, 0.05) is 0 Å². The van der Waals surface area contributed by atoms with Crippen molar-refractivity contribution < 1.29 is 15.3 Å². The number of aliphatic hydroxyl groups excluding tert-OH is 2. The predicted molar refractivity (Wildman–Crippen MR) is 136 cm³/mol. The van der Waals surface area contributed by atoms with Gasteiger partial charge in [0.2, 0.25) is 0 Å². The highest BCUT2D eigenvalue weighted by Crippen LogP contribution is 2.75. The largest absolute Gasteiger partial charge is 0.393 e. The van der Waals surface area contributed by atoms with Gasteiger partial charge >= 0.3 is 0 Å². The number of aliphatic hydroxyl groups is 3. The molecule has 10 atom stereocenters. The molecular formula is C30H52O3. The number of allylic oxidation sites excluding steroid dienone is 2. The summed E-state index contributed by atoms with van der Waals surface area (Å²) in [5, 5.41) is 34.3. The smallest absolute Gasteiger partial charge is 0.0654 e. The van der Waals surface area contributed by atoms with E-state index in [2.05, 4.69) is 54.5 Å². The molecule has 3 nitrogen and oxygen atoms in total. The molecule has 0 bridgehead atoms. The normalized spacial score (nSPS) is 50.5. The van der Waals surface area contributed by atoms with Crippen LogP contribution in [-0.4, -0.2) is 33.1 Å². The maximum atomic E-state index is 11.8. The SMILES string of the molecule is CC(C)=CCC[C@@](C)(O)[C@H]1CC[C@]2(C)[C@@H]1[C@H](O)C[C@@H]1[C@@]3(C)CC[C@@H](O)C(C)(C)[C@@H]3CC[C@]12C. The Hall–Kier alpha value is -0.380. The molecule has 3 heteroatoms. The van der Waals surface area contributed by atoms with Gasteiger partial charge in [-0.2, -0.15) is 0 Å². The second-order valence-corrected chi connectivity index (χ2v) is 14.5. The minimum Gasteiger partial charge on any atom is -0.393 e. The van der Waals surface area contributed by atoms with Crippen LogP contribution in [-0.2, 0) is 0 Å². The van der Waals surface area contributed by atoms with Crippen LogP contribution in [0.25, 0.3) is 0 Å². The fourth-order valence-corrected chi connectivity index (χ4v) is 10.3. The van der Waals surface area contributed by atoms with Crippen molar-refractivity contribution in [1.82, 2.24) is 0 Å². The first-order valence-electron chi connectivity index (χ1n) is 13.8.